The molecule has 1 aliphatic heterocycles. The number of hydrogen-bond acceptors (Lipinski definition) is 4. The largest absolute Gasteiger partial charge is 0.489 e. The van der Waals surface area contributed by atoms with E-state index >= 15 is 0 Å². The molecule has 24 heavy (non-hydrogen) atoms. The van der Waals surface area contributed by atoms with E-state index in [1.165, 1.54) is 12.8 Å². The van der Waals surface area contributed by atoms with Crippen LogP contribution >= 0.6 is 0 Å². The fraction of sp³-hybridized carbons (Fsp3) is 0.316. The first kappa shape index (κ1) is 15.1. The molecular formula is C19H17BNO3. The molecule has 4 rings (SSSR count). The summed E-state index contributed by atoms with van der Waals surface area (Å²) in [7, 11) is 1.76. The molecular weight excluding hydrogens is 301 g/mol. The molecule has 0 unspecified atom stereocenters. The Labute approximate surface area is 142 Å². The molecule has 0 atom stereocenters. The molecule has 1 aliphatic carbocycles. The van der Waals surface area contributed by atoms with Crippen LogP contribution in [-0.4, -0.2) is 13.6 Å². The van der Waals surface area contributed by atoms with Crippen LogP contribution in [0.5, 0.6) is 17.2 Å². The standard InChI is InChI=1S/C19H17BNO3/c21-11-13-5-6-17(10-19(13)24-15-3-1-2-4-15)23-16-7-8-18-14(9-16)12-22-20-18/h5-10,15H,1-4,12H2. The van der Waals surface area contributed by atoms with E-state index in [0.29, 0.717) is 23.7 Å². The van der Waals surface area contributed by atoms with Crippen LogP contribution in [-0.2, 0) is 11.3 Å². The van der Waals surface area contributed by atoms with Crippen LogP contribution in [0.4, 0.5) is 0 Å². The highest BCUT2D eigenvalue weighted by molar-refractivity contribution is 6.48. The predicted molar refractivity (Wildman–Crippen MR) is 90.7 cm³/mol. The Bertz CT molecular complexity index is 794. The molecule has 1 saturated carbocycles. The van der Waals surface area contributed by atoms with Crippen molar-refractivity contribution in [2.24, 2.45) is 0 Å². The van der Waals surface area contributed by atoms with E-state index < -0.39 is 0 Å². The fourth-order valence-electron chi connectivity index (χ4n) is 3.18. The van der Waals surface area contributed by atoms with Gasteiger partial charge < -0.3 is 14.1 Å². The summed E-state index contributed by atoms with van der Waals surface area (Å²) < 4.78 is 17.3. The van der Waals surface area contributed by atoms with E-state index in [1.54, 1.807) is 19.6 Å². The number of rotatable bonds is 4. The zero-order chi connectivity index (χ0) is 16.4. The van der Waals surface area contributed by atoms with Crippen molar-refractivity contribution in [1.29, 1.82) is 5.26 Å². The second-order valence-corrected chi connectivity index (χ2v) is 6.19. The lowest BCUT2D eigenvalue weighted by Crippen LogP contribution is -2.12. The van der Waals surface area contributed by atoms with E-state index in [9.17, 15) is 5.26 Å². The van der Waals surface area contributed by atoms with Crippen molar-refractivity contribution in [2.75, 3.05) is 0 Å². The number of nitrogens with zero attached hydrogens (tertiary/aromatic N) is 1. The molecule has 2 aromatic rings. The number of benzene rings is 2. The third-order valence-electron chi connectivity index (χ3n) is 4.47. The summed E-state index contributed by atoms with van der Waals surface area (Å²) in [6.45, 7) is 0.579. The quantitative estimate of drug-likeness (QED) is 0.810. The first-order valence-corrected chi connectivity index (χ1v) is 8.28. The van der Waals surface area contributed by atoms with Gasteiger partial charge >= 0.3 is 7.48 Å². The molecule has 0 amide bonds. The van der Waals surface area contributed by atoms with Crippen LogP contribution in [0.2, 0.25) is 0 Å². The summed E-state index contributed by atoms with van der Waals surface area (Å²) >= 11 is 0. The first-order chi connectivity index (χ1) is 11.8. The van der Waals surface area contributed by atoms with Gasteiger partial charge in [-0.25, -0.2) is 0 Å². The summed E-state index contributed by atoms with van der Waals surface area (Å²) in [4.78, 5) is 0. The number of fused-ring (bicyclic) bond motifs is 1. The molecule has 1 radical (unpaired) electrons. The van der Waals surface area contributed by atoms with Crippen LogP contribution in [0.15, 0.2) is 36.4 Å². The monoisotopic (exact) mass is 318 g/mol. The molecule has 0 bridgehead atoms. The molecule has 2 aromatic carbocycles. The lowest BCUT2D eigenvalue weighted by molar-refractivity contribution is 0.209. The van der Waals surface area contributed by atoms with Gasteiger partial charge in [-0.15, -0.1) is 0 Å². The van der Waals surface area contributed by atoms with Gasteiger partial charge in [-0.1, -0.05) is 6.07 Å². The Hall–Kier alpha value is -2.45. The molecule has 5 heteroatoms. The van der Waals surface area contributed by atoms with E-state index in [1.807, 2.05) is 24.3 Å². The minimum atomic E-state index is 0.208. The van der Waals surface area contributed by atoms with Crippen molar-refractivity contribution in [3.63, 3.8) is 0 Å². The van der Waals surface area contributed by atoms with E-state index in [4.69, 9.17) is 14.1 Å². The average Bonchev–Trinajstić information content (AvgIpc) is 3.26. The van der Waals surface area contributed by atoms with E-state index in [0.717, 1.165) is 29.6 Å². The van der Waals surface area contributed by atoms with Crippen molar-refractivity contribution in [1.82, 2.24) is 0 Å². The summed E-state index contributed by atoms with van der Waals surface area (Å²) in [5.74, 6) is 2.04. The van der Waals surface area contributed by atoms with Crippen molar-refractivity contribution in [2.45, 2.75) is 38.4 Å². The molecule has 2 aliphatic rings. The molecule has 1 heterocycles. The highest BCUT2D eigenvalue weighted by Gasteiger charge is 2.19. The van der Waals surface area contributed by atoms with Gasteiger partial charge in [-0.3, -0.25) is 0 Å². The summed E-state index contributed by atoms with van der Waals surface area (Å²) in [5, 5.41) is 9.29. The molecule has 0 aromatic heterocycles. The topological polar surface area (TPSA) is 51.5 Å². The highest BCUT2D eigenvalue weighted by Crippen LogP contribution is 2.32. The van der Waals surface area contributed by atoms with Crippen LogP contribution in [0.1, 0.15) is 36.8 Å². The van der Waals surface area contributed by atoms with Crippen LogP contribution < -0.4 is 14.9 Å². The van der Waals surface area contributed by atoms with Gasteiger partial charge in [0.05, 0.1) is 18.3 Å². The third-order valence-corrected chi connectivity index (χ3v) is 4.47. The molecule has 4 nitrogen and oxygen atoms in total. The lowest BCUT2D eigenvalue weighted by atomic mass is 9.87. The Kier molecular flexibility index (Phi) is 4.14. The maximum absolute atomic E-state index is 9.29. The molecule has 0 saturated heterocycles. The lowest BCUT2D eigenvalue weighted by Gasteiger charge is -2.15. The third kappa shape index (κ3) is 3.11. The zero-order valence-electron chi connectivity index (χ0n) is 13.3. The van der Waals surface area contributed by atoms with Gasteiger partial charge in [0.1, 0.15) is 23.3 Å². The average molecular weight is 318 g/mol. The SMILES string of the molecule is N#Cc1ccc(Oc2ccc3c(c2)CO[B]3)cc1OC1CCCC1. The minimum absolute atomic E-state index is 0.208. The molecule has 0 N–H and O–H groups in total. The van der Waals surface area contributed by atoms with Crippen molar-refractivity contribution in [3.05, 3.63) is 47.5 Å². The normalized spacial score (nSPS) is 16.3. The molecule has 119 valence electrons. The van der Waals surface area contributed by atoms with Crippen LogP contribution in [0.3, 0.4) is 0 Å². The van der Waals surface area contributed by atoms with Gasteiger partial charge in [0, 0.05) is 6.07 Å². The second kappa shape index (κ2) is 6.58. The maximum Gasteiger partial charge on any atom is 0.330 e. The second-order valence-electron chi connectivity index (χ2n) is 6.19. The Morgan fingerprint density at radius 2 is 1.88 bits per heavy atom. The van der Waals surface area contributed by atoms with Crippen LogP contribution in [0, 0.1) is 11.3 Å². The molecule has 1 fully saturated rings. The van der Waals surface area contributed by atoms with Crippen molar-refractivity contribution in [3.8, 4) is 23.3 Å². The predicted octanol–water partition coefficient (Wildman–Crippen LogP) is 3.45. The smallest absolute Gasteiger partial charge is 0.330 e. The van der Waals surface area contributed by atoms with Crippen molar-refractivity contribution >= 4 is 12.9 Å². The first-order valence-electron chi connectivity index (χ1n) is 8.28. The summed E-state index contributed by atoms with van der Waals surface area (Å²) in [5.41, 5.74) is 2.75. The Morgan fingerprint density at radius 3 is 2.71 bits per heavy atom. The Morgan fingerprint density at radius 1 is 1.08 bits per heavy atom. The zero-order valence-corrected chi connectivity index (χ0v) is 13.3. The number of nitriles is 1. The highest BCUT2D eigenvalue weighted by atomic mass is 16.5. The van der Waals surface area contributed by atoms with Gasteiger partial charge in [-0.05, 0) is 61.0 Å². The molecule has 0 spiro atoms. The van der Waals surface area contributed by atoms with Crippen LogP contribution in [0.25, 0.3) is 0 Å². The summed E-state index contributed by atoms with van der Waals surface area (Å²) in [6.07, 6.45) is 4.70. The fourth-order valence-corrected chi connectivity index (χ4v) is 3.18. The summed E-state index contributed by atoms with van der Waals surface area (Å²) in [6, 6.07) is 13.4. The maximum atomic E-state index is 9.29. The van der Waals surface area contributed by atoms with Gasteiger partial charge in [0.2, 0.25) is 0 Å². The van der Waals surface area contributed by atoms with Gasteiger partial charge in [-0.2, -0.15) is 5.26 Å². The number of hydrogen-bond donors (Lipinski definition) is 0. The van der Waals surface area contributed by atoms with E-state index in [-0.39, 0.29) is 6.10 Å². The van der Waals surface area contributed by atoms with Gasteiger partial charge in [0.15, 0.2) is 0 Å². The van der Waals surface area contributed by atoms with E-state index in [2.05, 4.69) is 6.07 Å². The van der Waals surface area contributed by atoms with Gasteiger partial charge in [0.25, 0.3) is 0 Å². The number of ether oxygens (including phenoxy) is 2. The van der Waals surface area contributed by atoms with Crippen molar-refractivity contribution < 1.29 is 14.1 Å². The Balaban J connectivity index is 1.55. The minimum Gasteiger partial charge on any atom is -0.489 e.